The SMILES string of the molecule is Cc1cncc(COc2ccc(Br)cc2C(N)=S)c1. The minimum absolute atomic E-state index is 0.318. The maximum atomic E-state index is 5.77. The molecule has 0 aliphatic rings. The van der Waals surface area contributed by atoms with Crippen molar-refractivity contribution in [2.45, 2.75) is 13.5 Å². The van der Waals surface area contributed by atoms with Gasteiger partial charge in [-0.1, -0.05) is 28.1 Å². The number of aromatic nitrogens is 1. The molecular formula is C14H13BrN2OS. The Bertz CT molecular complexity index is 616. The van der Waals surface area contributed by atoms with Crippen molar-refractivity contribution in [2.24, 2.45) is 5.73 Å². The molecule has 0 fully saturated rings. The van der Waals surface area contributed by atoms with Crippen LogP contribution in [0.1, 0.15) is 16.7 Å². The van der Waals surface area contributed by atoms with E-state index in [9.17, 15) is 0 Å². The summed E-state index contributed by atoms with van der Waals surface area (Å²) in [5, 5.41) is 0. The van der Waals surface area contributed by atoms with Crippen LogP contribution in [0, 0.1) is 6.92 Å². The van der Waals surface area contributed by atoms with Gasteiger partial charge in [-0.2, -0.15) is 0 Å². The molecule has 1 heterocycles. The number of pyridine rings is 1. The average Bonchev–Trinajstić information content (AvgIpc) is 2.37. The maximum Gasteiger partial charge on any atom is 0.130 e. The van der Waals surface area contributed by atoms with Crippen LogP contribution in [0.2, 0.25) is 0 Å². The zero-order valence-electron chi connectivity index (χ0n) is 10.4. The van der Waals surface area contributed by atoms with Gasteiger partial charge in [0.1, 0.15) is 17.3 Å². The highest BCUT2D eigenvalue weighted by molar-refractivity contribution is 9.10. The number of benzene rings is 1. The van der Waals surface area contributed by atoms with Gasteiger partial charge < -0.3 is 10.5 Å². The molecule has 2 aromatic rings. The van der Waals surface area contributed by atoms with Crippen LogP contribution in [0.15, 0.2) is 41.1 Å². The molecule has 0 bridgehead atoms. The molecule has 1 aromatic carbocycles. The standard InChI is InChI=1S/C14H13BrN2OS/c1-9-4-10(7-17-6-9)8-18-13-3-2-11(15)5-12(13)14(16)19/h2-7H,8H2,1H3,(H2,16,19). The van der Waals surface area contributed by atoms with Crippen molar-refractivity contribution in [3.8, 4) is 5.75 Å². The first-order valence-electron chi connectivity index (χ1n) is 5.69. The lowest BCUT2D eigenvalue weighted by molar-refractivity contribution is 0.305. The lowest BCUT2D eigenvalue weighted by Gasteiger charge is -2.11. The Balaban J connectivity index is 2.17. The normalized spacial score (nSPS) is 10.2. The molecule has 0 aliphatic heterocycles. The second kappa shape index (κ2) is 6.12. The van der Waals surface area contributed by atoms with E-state index in [0.717, 1.165) is 21.2 Å². The Morgan fingerprint density at radius 2 is 2.16 bits per heavy atom. The summed E-state index contributed by atoms with van der Waals surface area (Å²) >= 11 is 8.41. The molecule has 0 radical (unpaired) electrons. The number of nitrogens with two attached hydrogens (primary N) is 1. The van der Waals surface area contributed by atoms with Gasteiger partial charge in [0.15, 0.2) is 0 Å². The Morgan fingerprint density at radius 3 is 2.84 bits per heavy atom. The number of thiocarbonyl (C=S) groups is 1. The Labute approximate surface area is 125 Å². The van der Waals surface area contributed by atoms with Crippen LogP contribution in [0.25, 0.3) is 0 Å². The summed E-state index contributed by atoms with van der Waals surface area (Å²) in [5.74, 6) is 0.678. The number of nitrogens with zero attached hydrogens (tertiary/aromatic N) is 1. The molecule has 0 aliphatic carbocycles. The summed E-state index contributed by atoms with van der Waals surface area (Å²) in [4.78, 5) is 4.45. The summed E-state index contributed by atoms with van der Waals surface area (Å²) in [6.45, 7) is 2.43. The van der Waals surface area contributed by atoms with E-state index in [1.54, 1.807) is 6.20 Å². The molecule has 19 heavy (non-hydrogen) atoms. The van der Waals surface area contributed by atoms with E-state index in [1.807, 2.05) is 37.4 Å². The highest BCUT2D eigenvalue weighted by Crippen LogP contribution is 2.24. The van der Waals surface area contributed by atoms with Gasteiger partial charge in [-0.25, -0.2) is 0 Å². The van der Waals surface area contributed by atoms with Crippen LogP contribution < -0.4 is 10.5 Å². The first-order valence-corrected chi connectivity index (χ1v) is 6.89. The number of ether oxygens (including phenoxy) is 1. The molecule has 0 saturated heterocycles. The van der Waals surface area contributed by atoms with E-state index in [1.165, 1.54) is 0 Å². The molecule has 0 amide bonds. The lowest BCUT2D eigenvalue weighted by Crippen LogP contribution is -2.11. The van der Waals surface area contributed by atoms with E-state index >= 15 is 0 Å². The number of hydrogen-bond acceptors (Lipinski definition) is 3. The Morgan fingerprint density at radius 1 is 1.37 bits per heavy atom. The fourth-order valence-electron chi connectivity index (χ4n) is 1.68. The van der Waals surface area contributed by atoms with Gasteiger partial charge in [0.05, 0.1) is 5.56 Å². The summed E-state index contributed by atoms with van der Waals surface area (Å²) in [7, 11) is 0. The number of hydrogen-bond donors (Lipinski definition) is 1. The predicted octanol–water partition coefficient (Wildman–Crippen LogP) is 3.37. The van der Waals surface area contributed by atoms with Crippen molar-refractivity contribution < 1.29 is 4.74 Å². The van der Waals surface area contributed by atoms with Crippen LogP contribution in [0.5, 0.6) is 5.75 Å². The zero-order valence-corrected chi connectivity index (χ0v) is 12.8. The van der Waals surface area contributed by atoms with Crippen LogP contribution in [-0.2, 0) is 6.61 Å². The third-order valence-electron chi connectivity index (χ3n) is 2.53. The van der Waals surface area contributed by atoms with Crippen LogP contribution in [0.3, 0.4) is 0 Å². The van der Waals surface area contributed by atoms with Crippen molar-refractivity contribution in [3.05, 3.63) is 57.8 Å². The molecule has 2 rings (SSSR count). The van der Waals surface area contributed by atoms with Gasteiger partial charge in [0, 0.05) is 22.4 Å². The van der Waals surface area contributed by atoms with Gasteiger partial charge in [-0.05, 0) is 36.8 Å². The molecule has 2 N–H and O–H groups in total. The molecule has 0 spiro atoms. The van der Waals surface area contributed by atoms with Gasteiger partial charge in [0.2, 0.25) is 0 Å². The highest BCUT2D eigenvalue weighted by atomic mass is 79.9. The summed E-state index contributed by atoms with van der Waals surface area (Å²) in [6.07, 6.45) is 3.59. The van der Waals surface area contributed by atoms with Crippen LogP contribution in [0.4, 0.5) is 0 Å². The minimum Gasteiger partial charge on any atom is -0.488 e. The van der Waals surface area contributed by atoms with Gasteiger partial charge in [-0.3, -0.25) is 4.98 Å². The van der Waals surface area contributed by atoms with Crippen molar-refractivity contribution in [1.82, 2.24) is 4.98 Å². The fourth-order valence-corrected chi connectivity index (χ4v) is 2.20. The summed E-state index contributed by atoms with van der Waals surface area (Å²) in [5.41, 5.74) is 8.54. The molecule has 0 saturated carbocycles. The predicted molar refractivity (Wildman–Crippen MR) is 83.3 cm³/mol. The average molecular weight is 337 g/mol. The smallest absolute Gasteiger partial charge is 0.130 e. The Hall–Kier alpha value is -1.46. The van der Waals surface area contributed by atoms with E-state index in [4.69, 9.17) is 22.7 Å². The lowest BCUT2D eigenvalue weighted by atomic mass is 10.2. The monoisotopic (exact) mass is 336 g/mol. The third kappa shape index (κ3) is 3.75. The van der Waals surface area contributed by atoms with Crippen molar-refractivity contribution >= 4 is 33.1 Å². The number of rotatable bonds is 4. The van der Waals surface area contributed by atoms with Crippen molar-refractivity contribution in [1.29, 1.82) is 0 Å². The summed E-state index contributed by atoms with van der Waals surface area (Å²) < 4.78 is 6.68. The second-order valence-electron chi connectivity index (χ2n) is 4.16. The van der Waals surface area contributed by atoms with E-state index in [-0.39, 0.29) is 0 Å². The third-order valence-corrected chi connectivity index (χ3v) is 3.25. The molecule has 0 unspecified atom stereocenters. The van der Waals surface area contributed by atoms with E-state index in [2.05, 4.69) is 20.9 Å². The number of halogens is 1. The summed E-state index contributed by atoms with van der Waals surface area (Å²) in [6, 6.07) is 7.63. The van der Waals surface area contributed by atoms with Crippen molar-refractivity contribution in [2.75, 3.05) is 0 Å². The van der Waals surface area contributed by atoms with Crippen LogP contribution in [-0.4, -0.2) is 9.97 Å². The fraction of sp³-hybridized carbons (Fsp3) is 0.143. The molecule has 0 atom stereocenters. The second-order valence-corrected chi connectivity index (χ2v) is 5.52. The van der Waals surface area contributed by atoms with Gasteiger partial charge >= 0.3 is 0 Å². The molecule has 3 nitrogen and oxygen atoms in total. The molecular weight excluding hydrogens is 324 g/mol. The van der Waals surface area contributed by atoms with Gasteiger partial charge in [-0.15, -0.1) is 0 Å². The van der Waals surface area contributed by atoms with E-state index in [0.29, 0.717) is 17.3 Å². The largest absolute Gasteiger partial charge is 0.488 e. The zero-order chi connectivity index (χ0) is 13.8. The van der Waals surface area contributed by atoms with Gasteiger partial charge in [0.25, 0.3) is 0 Å². The molecule has 98 valence electrons. The molecule has 5 heteroatoms. The first kappa shape index (κ1) is 14.0. The first-order chi connectivity index (χ1) is 9.06. The highest BCUT2D eigenvalue weighted by Gasteiger charge is 2.07. The van der Waals surface area contributed by atoms with Crippen LogP contribution >= 0.6 is 28.1 Å². The number of aryl methyl sites for hydroxylation is 1. The Kier molecular flexibility index (Phi) is 4.50. The quantitative estimate of drug-likeness (QED) is 0.869. The van der Waals surface area contributed by atoms with Crippen molar-refractivity contribution in [3.63, 3.8) is 0 Å². The maximum absolute atomic E-state index is 5.77. The minimum atomic E-state index is 0.318. The van der Waals surface area contributed by atoms with E-state index < -0.39 is 0 Å². The topological polar surface area (TPSA) is 48.1 Å². The molecule has 1 aromatic heterocycles.